The highest BCUT2D eigenvalue weighted by molar-refractivity contribution is 7.90. The van der Waals surface area contributed by atoms with E-state index in [1.54, 1.807) is 0 Å². The first kappa shape index (κ1) is 12.8. The highest BCUT2D eigenvalue weighted by Gasteiger charge is 2.34. The van der Waals surface area contributed by atoms with Crippen molar-refractivity contribution >= 4 is 27.2 Å². The normalized spacial score (nSPS) is 12.9. The summed E-state index contributed by atoms with van der Waals surface area (Å²) >= 11 is 4.40. The number of carbonyl (C=O) groups is 1. The lowest BCUT2D eigenvalue weighted by atomic mass is 10.2. The summed E-state index contributed by atoms with van der Waals surface area (Å²) in [6.07, 6.45) is 0.319. The molecule has 0 aliphatic heterocycles. The van der Waals surface area contributed by atoms with Gasteiger partial charge in [-0.2, -0.15) is 8.78 Å². The number of Topliss-reactive ketones (excluding diaryl/α,β-unsaturated/α-hetero) is 1. The first-order valence-corrected chi connectivity index (χ1v) is 5.84. The van der Waals surface area contributed by atoms with Crippen LogP contribution in [0.1, 0.15) is 12.8 Å². The van der Waals surface area contributed by atoms with Crippen LogP contribution >= 0.6 is 11.6 Å². The van der Waals surface area contributed by atoms with E-state index in [0.717, 1.165) is 6.26 Å². The highest BCUT2D eigenvalue weighted by Crippen LogP contribution is 2.22. The summed E-state index contributed by atoms with van der Waals surface area (Å²) in [5.74, 6) is -1.73. The van der Waals surface area contributed by atoms with Gasteiger partial charge < -0.3 is 0 Å². The third-order valence-corrected chi connectivity index (χ3v) is 2.48. The summed E-state index contributed by atoms with van der Waals surface area (Å²) in [7, 11) is -3.21. The first-order chi connectivity index (χ1) is 5.63. The molecule has 0 spiro atoms. The van der Waals surface area contributed by atoms with E-state index in [9.17, 15) is 22.0 Å². The lowest BCUT2D eigenvalue weighted by Crippen LogP contribution is -2.21. The Balaban J connectivity index is 3.87. The Morgan fingerprint density at radius 1 is 1.46 bits per heavy atom. The Hall–Kier alpha value is -0.230. The Labute approximate surface area is 80.0 Å². The molecule has 0 amide bonds. The molecule has 0 aromatic heterocycles. The van der Waals surface area contributed by atoms with Crippen LogP contribution in [0.15, 0.2) is 0 Å². The van der Waals surface area contributed by atoms with Crippen molar-refractivity contribution in [1.82, 2.24) is 0 Å². The number of alkyl halides is 3. The fraction of sp³-hybridized carbons (Fsp3) is 0.833. The van der Waals surface area contributed by atoms with Gasteiger partial charge in [-0.3, -0.25) is 4.79 Å². The number of ketones is 1. The van der Waals surface area contributed by atoms with E-state index >= 15 is 0 Å². The maximum absolute atomic E-state index is 12.0. The fourth-order valence-corrected chi connectivity index (χ4v) is 1.40. The van der Waals surface area contributed by atoms with Crippen molar-refractivity contribution in [2.45, 2.75) is 18.2 Å². The Bertz CT molecular complexity index is 281. The maximum Gasteiger partial charge on any atom is 0.380 e. The second-order valence-corrected chi connectivity index (χ2v) is 5.39. The van der Waals surface area contributed by atoms with E-state index in [-0.39, 0.29) is 12.2 Å². The van der Waals surface area contributed by atoms with Crippen LogP contribution in [0.2, 0.25) is 0 Å². The van der Waals surface area contributed by atoms with Crippen LogP contribution in [0.5, 0.6) is 0 Å². The zero-order chi connectivity index (χ0) is 10.7. The van der Waals surface area contributed by atoms with E-state index in [2.05, 4.69) is 11.6 Å². The molecule has 0 N–H and O–H groups in total. The van der Waals surface area contributed by atoms with Crippen molar-refractivity contribution in [2.24, 2.45) is 0 Å². The molecule has 13 heavy (non-hydrogen) atoms. The zero-order valence-corrected chi connectivity index (χ0v) is 8.46. The fourth-order valence-electron chi connectivity index (χ4n) is 0.637. The molecular weight excluding hydrogens is 226 g/mol. The molecule has 0 atom stereocenters. The van der Waals surface area contributed by atoms with E-state index in [1.807, 2.05) is 0 Å². The molecule has 7 heteroatoms. The molecule has 0 rings (SSSR count). The van der Waals surface area contributed by atoms with Crippen molar-refractivity contribution in [3.05, 3.63) is 0 Å². The molecule has 0 aromatic rings. The lowest BCUT2D eigenvalue weighted by molar-refractivity contribution is -0.133. The minimum Gasteiger partial charge on any atom is -0.291 e. The van der Waals surface area contributed by atoms with Crippen molar-refractivity contribution in [2.75, 3.05) is 12.0 Å². The van der Waals surface area contributed by atoms with Crippen LogP contribution in [0.4, 0.5) is 8.78 Å². The number of rotatable bonds is 5. The molecule has 0 saturated carbocycles. The number of carbonyl (C=O) groups excluding carboxylic acids is 1. The van der Waals surface area contributed by atoms with Crippen molar-refractivity contribution < 1.29 is 22.0 Å². The predicted octanol–water partition coefficient (Wildman–Crippen LogP) is 1.21. The first-order valence-electron chi connectivity index (χ1n) is 3.40. The molecule has 0 aliphatic rings. The number of hydrogen-bond donors (Lipinski definition) is 0. The van der Waals surface area contributed by atoms with Gasteiger partial charge in [0.1, 0.15) is 9.84 Å². The summed E-state index contributed by atoms with van der Waals surface area (Å²) in [5, 5.41) is -3.88. The van der Waals surface area contributed by atoms with Gasteiger partial charge >= 0.3 is 5.38 Å². The minimum atomic E-state index is -3.88. The number of hydrogen-bond acceptors (Lipinski definition) is 3. The largest absolute Gasteiger partial charge is 0.380 e. The smallest absolute Gasteiger partial charge is 0.291 e. The van der Waals surface area contributed by atoms with Gasteiger partial charge in [0.25, 0.3) is 0 Å². The van der Waals surface area contributed by atoms with Gasteiger partial charge in [0.05, 0.1) is 5.75 Å². The zero-order valence-electron chi connectivity index (χ0n) is 6.89. The monoisotopic (exact) mass is 234 g/mol. The van der Waals surface area contributed by atoms with Gasteiger partial charge in [-0.15, -0.1) is 0 Å². The van der Waals surface area contributed by atoms with Crippen molar-refractivity contribution in [3.8, 4) is 0 Å². The minimum absolute atomic E-state index is 0.125. The standard InChI is InChI=1S/C6H9ClF2O3S/c1-13(11,12)4-2-3-5(10)6(7,8)9/h2-4H2,1H3. The van der Waals surface area contributed by atoms with Crippen molar-refractivity contribution in [3.63, 3.8) is 0 Å². The second kappa shape index (κ2) is 4.32. The topological polar surface area (TPSA) is 51.2 Å². The highest BCUT2D eigenvalue weighted by atomic mass is 35.5. The quantitative estimate of drug-likeness (QED) is 0.672. The van der Waals surface area contributed by atoms with Crippen molar-refractivity contribution in [1.29, 1.82) is 0 Å². The van der Waals surface area contributed by atoms with Gasteiger partial charge in [0, 0.05) is 12.7 Å². The van der Waals surface area contributed by atoms with Crippen LogP contribution in [-0.2, 0) is 14.6 Å². The molecule has 0 bridgehead atoms. The van der Waals surface area contributed by atoms with E-state index in [1.165, 1.54) is 0 Å². The SMILES string of the molecule is CS(=O)(=O)CCCC(=O)C(F)(F)Cl. The van der Waals surface area contributed by atoms with Crippen LogP contribution in [0, 0.1) is 0 Å². The molecular formula is C6H9ClF2O3S. The summed E-state index contributed by atoms with van der Waals surface area (Å²) in [6, 6.07) is 0. The van der Waals surface area contributed by atoms with Crippen LogP contribution < -0.4 is 0 Å². The molecule has 78 valence electrons. The average molecular weight is 235 g/mol. The third kappa shape index (κ3) is 6.89. The molecule has 0 heterocycles. The van der Waals surface area contributed by atoms with Crippen LogP contribution in [0.3, 0.4) is 0 Å². The number of sulfone groups is 1. The molecule has 0 radical (unpaired) electrons. The van der Waals surface area contributed by atoms with Crippen LogP contribution in [0.25, 0.3) is 0 Å². The molecule has 0 saturated heterocycles. The number of halogens is 3. The molecule has 0 aliphatic carbocycles. The van der Waals surface area contributed by atoms with Gasteiger partial charge in [-0.1, -0.05) is 0 Å². The second-order valence-electron chi connectivity index (χ2n) is 2.65. The summed E-state index contributed by atoms with van der Waals surface area (Å²) < 4.78 is 45.1. The van der Waals surface area contributed by atoms with E-state index < -0.39 is 27.4 Å². The summed E-state index contributed by atoms with van der Waals surface area (Å²) in [4.78, 5) is 10.5. The Morgan fingerprint density at radius 2 is 1.92 bits per heavy atom. The maximum atomic E-state index is 12.0. The molecule has 3 nitrogen and oxygen atoms in total. The third-order valence-electron chi connectivity index (χ3n) is 1.24. The Morgan fingerprint density at radius 3 is 2.23 bits per heavy atom. The van der Waals surface area contributed by atoms with E-state index in [4.69, 9.17) is 0 Å². The van der Waals surface area contributed by atoms with Gasteiger partial charge in [0.2, 0.25) is 5.78 Å². The summed E-state index contributed by atoms with van der Waals surface area (Å²) in [5.41, 5.74) is 0. The van der Waals surface area contributed by atoms with Gasteiger partial charge in [0.15, 0.2) is 0 Å². The van der Waals surface area contributed by atoms with Gasteiger partial charge in [-0.05, 0) is 18.0 Å². The lowest BCUT2D eigenvalue weighted by Gasteiger charge is -2.05. The Kier molecular flexibility index (Phi) is 4.25. The molecule has 0 unspecified atom stereocenters. The average Bonchev–Trinajstić information content (AvgIpc) is 1.82. The molecule has 0 fully saturated rings. The predicted molar refractivity (Wildman–Crippen MR) is 44.8 cm³/mol. The summed E-state index contributed by atoms with van der Waals surface area (Å²) in [6.45, 7) is 0. The van der Waals surface area contributed by atoms with E-state index in [0.29, 0.717) is 0 Å². The molecule has 0 aromatic carbocycles. The van der Waals surface area contributed by atoms with Gasteiger partial charge in [-0.25, -0.2) is 8.42 Å². The van der Waals surface area contributed by atoms with Crippen LogP contribution in [-0.4, -0.2) is 31.6 Å².